The Morgan fingerprint density at radius 1 is 0.440 bits per heavy atom. The summed E-state index contributed by atoms with van der Waals surface area (Å²) in [7, 11) is 0. The van der Waals surface area contributed by atoms with Gasteiger partial charge in [-0.15, -0.1) is 0 Å². The second kappa shape index (κ2) is 22.3. The summed E-state index contributed by atoms with van der Waals surface area (Å²) in [6.45, 7) is 4.12. The Labute approximate surface area is 160 Å². The van der Waals surface area contributed by atoms with Gasteiger partial charge in [-0.2, -0.15) is 11.8 Å². The fourth-order valence-electron chi connectivity index (χ4n) is 1.80. The van der Waals surface area contributed by atoms with Gasteiger partial charge in [0.25, 0.3) is 0 Å². The molecule has 0 saturated carbocycles. The van der Waals surface area contributed by atoms with Crippen molar-refractivity contribution in [1.29, 1.82) is 0 Å². The van der Waals surface area contributed by atoms with Crippen LogP contribution in [0.3, 0.4) is 0 Å². The van der Waals surface area contributed by atoms with E-state index >= 15 is 0 Å². The van der Waals surface area contributed by atoms with E-state index in [0.29, 0.717) is 0 Å². The second-order valence-corrected chi connectivity index (χ2v) is 6.39. The number of thioether (sulfide) groups is 1. The first-order valence-electron chi connectivity index (χ1n) is 9.18. The molecule has 0 aliphatic rings. The zero-order chi connectivity index (χ0) is 18.3. The van der Waals surface area contributed by atoms with Gasteiger partial charge in [-0.05, 0) is 39.5 Å². The number of unbranched alkanes of at least 4 members (excludes halogenated alkanes) is 2. The van der Waals surface area contributed by atoms with Gasteiger partial charge in [-0.25, -0.2) is 0 Å². The Morgan fingerprint density at radius 3 is 1.20 bits per heavy atom. The molecule has 0 nitrogen and oxygen atoms in total. The molecule has 0 unspecified atom stereocenters. The first-order chi connectivity index (χ1) is 12.4. The Hall–Kier alpha value is -1.73. The Bertz CT molecular complexity index is 450. The van der Waals surface area contributed by atoms with Crippen LogP contribution in [0.4, 0.5) is 0 Å². The first-order valence-corrected chi connectivity index (χ1v) is 10.3. The summed E-state index contributed by atoms with van der Waals surface area (Å²) in [6, 6.07) is 0. The van der Waals surface area contributed by atoms with Crippen LogP contribution >= 0.6 is 11.8 Å². The summed E-state index contributed by atoms with van der Waals surface area (Å²) < 4.78 is 0. The SMILES string of the molecule is CC=CCCC=CC=CC=CCSCC=CC=CC=CCCC=CC. The largest absolute Gasteiger partial charge is 0.154 e. The van der Waals surface area contributed by atoms with E-state index in [9.17, 15) is 0 Å². The van der Waals surface area contributed by atoms with E-state index in [0.717, 1.165) is 37.2 Å². The summed E-state index contributed by atoms with van der Waals surface area (Å²) in [4.78, 5) is 0. The Balaban J connectivity index is 3.55. The van der Waals surface area contributed by atoms with E-state index in [-0.39, 0.29) is 0 Å². The van der Waals surface area contributed by atoms with Crippen molar-refractivity contribution in [3.63, 3.8) is 0 Å². The summed E-state index contributed by atoms with van der Waals surface area (Å²) in [6.07, 6.45) is 38.7. The monoisotopic (exact) mass is 354 g/mol. The van der Waals surface area contributed by atoms with Gasteiger partial charge in [-0.1, -0.05) is 97.2 Å². The van der Waals surface area contributed by atoms with Crippen LogP contribution in [-0.2, 0) is 0 Å². The van der Waals surface area contributed by atoms with Gasteiger partial charge in [0.2, 0.25) is 0 Å². The highest BCUT2D eigenvalue weighted by Crippen LogP contribution is 2.01. The highest BCUT2D eigenvalue weighted by molar-refractivity contribution is 7.99. The van der Waals surface area contributed by atoms with Crippen molar-refractivity contribution in [2.45, 2.75) is 39.5 Å². The molecule has 0 rings (SSSR count). The number of hydrogen-bond donors (Lipinski definition) is 0. The quantitative estimate of drug-likeness (QED) is 0.174. The summed E-state index contributed by atoms with van der Waals surface area (Å²) in [5.74, 6) is 2.10. The zero-order valence-corrected chi connectivity index (χ0v) is 16.7. The van der Waals surface area contributed by atoms with Crippen molar-refractivity contribution < 1.29 is 0 Å². The molecule has 0 atom stereocenters. The molecule has 0 aromatic heterocycles. The van der Waals surface area contributed by atoms with E-state index in [1.165, 1.54) is 0 Å². The van der Waals surface area contributed by atoms with Crippen LogP contribution in [0.1, 0.15) is 39.5 Å². The molecule has 0 saturated heterocycles. The molecule has 1 heteroatoms. The van der Waals surface area contributed by atoms with Crippen molar-refractivity contribution in [2.75, 3.05) is 11.5 Å². The van der Waals surface area contributed by atoms with Crippen LogP contribution in [0, 0.1) is 0 Å². The standard InChI is InChI=1S/C24H34S/c1-3-5-7-9-11-13-15-17-19-21-23-25-24-22-20-18-16-14-12-10-8-6-4-2/h3-6,11-22H,7-10,23-24H2,1-2H3. The molecule has 0 aromatic rings. The molecule has 0 heterocycles. The maximum atomic E-state index is 2.20. The second-order valence-electron chi connectivity index (χ2n) is 5.31. The lowest BCUT2D eigenvalue weighted by Crippen LogP contribution is -1.73. The molecule has 136 valence electrons. The van der Waals surface area contributed by atoms with Gasteiger partial charge in [0.15, 0.2) is 0 Å². The van der Waals surface area contributed by atoms with Gasteiger partial charge in [0.05, 0.1) is 0 Å². The smallest absolute Gasteiger partial charge is 0.0119 e. The Kier molecular flexibility index (Phi) is 20.7. The maximum absolute atomic E-state index is 2.20. The number of hydrogen-bond acceptors (Lipinski definition) is 1. The van der Waals surface area contributed by atoms with E-state index in [4.69, 9.17) is 0 Å². The molecule has 0 fully saturated rings. The molecule has 25 heavy (non-hydrogen) atoms. The molecule has 0 radical (unpaired) electrons. The van der Waals surface area contributed by atoms with Crippen molar-refractivity contribution in [1.82, 2.24) is 0 Å². The van der Waals surface area contributed by atoms with E-state index in [2.05, 4.69) is 111 Å². The molecule has 0 aliphatic carbocycles. The zero-order valence-electron chi connectivity index (χ0n) is 15.9. The number of allylic oxidation sites excluding steroid dienone is 14. The molecule has 0 aliphatic heterocycles. The molecule has 0 aromatic carbocycles. The lowest BCUT2D eigenvalue weighted by Gasteiger charge is -1.89. The van der Waals surface area contributed by atoms with Crippen LogP contribution in [-0.4, -0.2) is 11.5 Å². The first kappa shape index (κ1) is 23.3. The summed E-state index contributed by atoms with van der Waals surface area (Å²) in [5, 5.41) is 0. The fraction of sp³-hybridized carbons (Fsp3) is 0.333. The average Bonchev–Trinajstić information content (AvgIpc) is 2.63. The molecule has 0 N–H and O–H groups in total. The topological polar surface area (TPSA) is 0 Å². The molecular weight excluding hydrogens is 320 g/mol. The molecule has 0 amide bonds. The van der Waals surface area contributed by atoms with Crippen molar-refractivity contribution in [2.24, 2.45) is 0 Å². The highest BCUT2D eigenvalue weighted by atomic mass is 32.2. The lowest BCUT2D eigenvalue weighted by atomic mass is 10.2. The van der Waals surface area contributed by atoms with Gasteiger partial charge < -0.3 is 0 Å². The third-order valence-corrected chi connectivity index (χ3v) is 3.97. The molecular formula is C24H34S. The molecule has 0 bridgehead atoms. The van der Waals surface area contributed by atoms with Crippen LogP contribution in [0.2, 0.25) is 0 Å². The van der Waals surface area contributed by atoms with E-state index in [1.807, 2.05) is 11.8 Å². The summed E-state index contributed by atoms with van der Waals surface area (Å²) >= 11 is 1.92. The normalized spacial score (nSPS) is 13.8. The third-order valence-electron chi connectivity index (χ3n) is 3.11. The van der Waals surface area contributed by atoms with Gasteiger partial charge in [-0.3, -0.25) is 0 Å². The third kappa shape index (κ3) is 22.3. The average molecular weight is 355 g/mol. The van der Waals surface area contributed by atoms with Crippen LogP contribution < -0.4 is 0 Å². The van der Waals surface area contributed by atoms with E-state index < -0.39 is 0 Å². The van der Waals surface area contributed by atoms with Crippen molar-refractivity contribution in [3.05, 3.63) is 97.2 Å². The minimum atomic E-state index is 1.05. The fourth-order valence-corrected chi connectivity index (χ4v) is 2.43. The minimum Gasteiger partial charge on any atom is -0.154 e. The maximum Gasteiger partial charge on any atom is 0.0119 e. The van der Waals surface area contributed by atoms with Gasteiger partial charge >= 0.3 is 0 Å². The predicted molar refractivity (Wildman–Crippen MR) is 120 cm³/mol. The minimum absolute atomic E-state index is 1.05. The van der Waals surface area contributed by atoms with Crippen LogP contribution in [0.5, 0.6) is 0 Å². The highest BCUT2D eigenvalue weighted by Gasteiger charge is 1.78. The van der Waals surface area contributed by atoms with Gasteiger partial charge in [0, 0.05) is 11.5 Å². The van der Waals surface area contributed by atoms with Crippen LogP contribution in [0.25, 0.3) is 0 Å². The van der Waals surface area contributed by atoms with Crippen LogP contribution in [0.15, 0.2) is 97.2 Å². The van der Waals surface area contributed by atoms with E-state index in [1.54, 1.807) is 0 Å². The Morgan fingerprint density at radius 2 is 0.800 bits per heavy atom. The number of rotatable bonds is 14. The van der Waals surface area contributed by atoms with Crippen molar-refractivity contribution >= 4 is 11.8 Å². The lowest BCUT2D eigenvalue weighted by molar-refractivity contribution is 1.05. The predicted octanol–water partition coefficient (Wildman–Crippen LogP) is 7.77. The molecule has 0 spiro atoms. The van der Waals surface area contributed by atoms with Gasteiger partial charge in [0.1, 0.15) is 0 Å². The summed E-state index contributed by atoms with van der Waals surface area (Å²) in [5.41, 5.74) is 0. The van der Waals surface area contributed by atoms with Crippen molar-refractivity contribution in [3.8, 4) is 0 Å².